The molecule has 0 aliphatic carbocycles. The molecule has 0 aromatic heterocycles. The number of nitrogens with zero attached hydrogens (tertiary/aromatic N) is 1. The molecule has 1 fully saturated rings. The van der Waals surface area contributed by atoms with E-state index in [1.165, 1.54) is 12.0 Å². The first-order valence-electron chi connectivity index (χ1n) is 7.20. The van der Waals surface area contributed by atoms with E-state index >= 15 is 0 Å². The maximum absolute atomic E-state index is 9.42. The quantitative estimate of drug-likeness (QED) is 0.855. The number of nitrogens with two attached hydrogens (primary N) is 1. The van der Waals surface area contributed by atoms with Crippen molar-refractivity contribution in [1.29, 1.82) is 0 Å². The second kappa shape index (κ2) is 6.04. The molecule has 3 nitrogen and oxygen atoms in total. The molecule has 3 N–H and O–H groups in total. The Bertz CT molecular complexity index is 391. The van der Waals surface area contributed by atoms with Crippen molar-refractivity contribution in [2.75, 3.05) is 19.7 Å². The molecule has 106 valence electrons. The molecule has 1 aliphatic heterocycles. The van der Waals surface area contributed by atoms with Crippen LogP contribution in [0.3, 0.4) is 0 Å². The van der Waals surface area contributed by atoms with Crippen LogP contribution in [0, 0.1) is 5.41 Å². The van der Waals surface area contributed by atoms with Gasteiger partial charge in [-0.25, -0.2) is 0 Å². The number of likely N-dealkylation sites (tertiary alicyclic amines) is 1. The molecule has 2 atom stereocenters. The molecule has 1 saturated heterocycles. The fourth-order valence-electron chi connectivity index (χ4n) is 3.04. The van der Waals surface area contributed by atoms with Gasteiger partial charge in [0.2, 0.25) is 0 Å². The molecule has 0 bridgehead atoms. The number of hydrogen-bond acceptors (Lipinski definition) is 3. The fraction of sp³-hybridized carbons (Fsp3) is 0.625. The van der Waals surface area contributed by atoms with Gasteiger partial charge in [0.1, 0.15) is 0 Å². The first kappa shape index (κ1) is 14.5. The van der Waals surface area contributed by atoms with Crippen LogP contribution in [0.25, 0.3) is 0 Å². The number of hydrogen-bond donors (Lipinski definition) is 2. The van der Waals surface area contributed by atoms with E-state index in [1.807, 2.05) is 18.2 Å². The molecule has 2 rings (SSSR count). The summed E-state index contributed by atoms with van der Waals surface area (Å²) < 4.78 is 0. The van der Waals surface area contributed by atoms with E-state index in [-0.39, 0.29) is 18.1 Å². The molecule has 0 saturated carbocycles. The van der Waals surface area contributed by atoms with Crippen molar-refractivity contribution in [3.05, 3.63) is 35.9 Å². The summed E-state index contributed by atoms with van der Waals surface area (Å²) in [6.45, 7) is 6.72. The summed E-state index contributed by atoms with van der Waals surface area (Å²) in [5, 5.41) is 9.42. The number of rotatable bonds is 5. The smallest absolute Gasteiger partial charge is 0.0586 e. The van der Waals surface area contributed by atoms with Crippen LogP contribution >= 0.6 is 0 Å². The van der Waals surface area contributed by atoms with E-state index in [1.54, 1.807) is 0 Å². The van der Waals surface area contributed by atoms with Crippen molar-refractivity contribution in [2.24, 2.45) is 11.1 Å². The Morgan fingerprint density at radius 3 is 2.68 bits per heavy atom. The normalized spacial score (nSPS) is 22.6. The lowest BCUT2D eigenvalue weighted by Crippen LogP contribution is -2.43. The molecule has 0 radical (unpaired) electrons. The maximum Gasteiger partial charge on any atom is 0.0586 e. The predicted molar refractivity (Wildman–Crippen MR) is 78.8 cm³/mol. The first-order chi connectivity index (χ1) is 9.04. The monoisotopic (exact) mass is 262 g/mol. The van der Waals surface area contributed by atoms with Crippen molar-refractivity contribution >= 4 is 0 Å². The summed E-state index contributed by atoms with van der Waals surface area (Å²) in [4.78, 5) is 2.39. The zero-order valence-corrected chi connectivity index (χ0v) is 12.0. The largest absolute Gasteiger partial charge is 0.395 e. The van der Waals surface area contributed by atoms with Crippen molar-refractivity contribution in [3.8, 4) is 0 Å². The minimum Gasteiger partial charge on any atom is -0.395 e. The third-order valence-electron chi connectivity index (χ3n) is 4.32. The lowest BCUT2D eigenvalue weighted by atomic mass is 9.80. The van der Waals surface area contributed by atoms with E-state index < -0.39 is 0 Å². The lowest BCUT2D eigenvalue weighted by Gasteiger charge is -2.37. The summed E-state index contributed by atoms with van der Waals surface area (Å²) in [7, 11) is 0. The average molecular weight is 262 g/mol. The zero-order chi connectivity index (χ0) is 13.9. The van der Waals surface area contributed by atoms with E-state index in [2.05, 4.69) is 30.9 Å². The van der Waals surface area contributed by atoms with Gasteiger partial charge in [-0.3, -0.25) is 4.90 Å². The van der Waals surface area contributed by atoms with Crippen molar-refractivity contribution in [2.45, 2.75) is 38.8 Å². The third-order valence-corrected chi connectivity index (χ3v) is 4.32. The van der Waals surface area contributed by atoms with Gasteiger partial charge in [0.25, 0.3) is 0 Å². The molecular weight excluding hydrogens is 236 g/mol. The summed E-state index contributed by atoms with van der Waals surface area (Å²) in [6.07, 6.45) is 2.29. The fourth-order valence-corrected chi connectivity index (χ4v) is 3.04. The Morgan fingerprint density at radius 2 is 2.05 bits per heavy atom. The van der Waals surface area contributed by atoms with Crippen molar-refractivity contribution < 1.29 is 5.11 Å². The van der Waals surface area contributed by atoms with Gasteiger partial charge in [0, 0.05) is 18.6 Å². The Labute approximate surface area is 116 Å². The molecule has 0 spiro atoms. The molecule has 1 aromatic rings. The summed E-state index contributed by atoms with van der Waals surface area (Å²) in [6, 6.07) is 10.6. The minimum atomic E-state index is -0.000880. The molecule has 2 unspecified atom stereocenters. The average Bonchev–Trinajstić information content (AvgIpc) is 2.85. The third kappa shape index (κ3) is 3.35. The molecule has 1 heterocycles. The predicted octanol–water partition coefficient (Wildman–Crippen LogP) is 2.17. The Kier molecular flexibility index (Phi) is 4.61. The highest BCUT2D eigenvalue weighted by Crippen LogP contribution is 2.34. The van der Waals surface area contributed by atoms with Gasteiger partial charge in [0.15, 0.2) is 0 Å². The zero-order valence-electron chi connectivity index (χ0n) is 12.0. The highest BCUT2D eigenvalue weighted by molar-refractivity contribution is 5.20. The van der Waals surface area contributed by atoms with Gasteiger partial charge in [-0.1, -0.05) is 44.2 Å². The molecule has 19 heavy (non-hydrogen) atoms. The standard InChI is InChI=1S/C16H26N2O/c1-16(2,12-18-10-6-9-14(18)11-19)15(17)13-7-4-3-5-8-13/h3-5,7-8,14-15,19H,6,9-12,17H2,1-2H3. The van der Waals surface area contributed by atoms with Crippen LogP contribution in [0.4, 0.5) is 0 Å². The SMILES string of the molecule is CC(C)(CN1CCCC1CO)C(N)c1ccccc1. The van der Waals surface area contributed by atoms with Crippen LogP contribution in [0.15, 0.2) is 30.3 Å². The van der Waals surface area contributed by atoms with Gasteiger partial charge < -0.3 is 10.8 Å². The highest BCUT2D eigenvalue weighted by atomic mass is 16.3. The van der Waals surface area contributed by atoms with Gasteiger partial charge in [-0.15, -0.1) is 0 Å². The molecule has 3 heteroatoms. The Hall–Kier alpha value is -0.900. The van der Waals surface area contributed by atoms with E-state index in [0.29, 0.717) is 6.04 Å². The van der Waals surface area contributed by atoms with E-state index in [0.717, 1.165) is 19.5 Å². The van der Waals surface area contributed by atoms with Crippen LogP contribution < -0.4 is 5.73 Å². The first-order valence-corrected chi connectivity index (χ1v) is 7.20. The van der Waals surface area contributed by atoms with Gasteiger partial charge >= 0.3 is 0 Å². The van der Waals surface area contributed by atoms with Gasteiger partial charge in [-0.2, -0.15) is 0 Å². The van der Waals surface area contributed by atoms with Gasteiger partial charge in [-0.05, 0) is 30.4 Å². The van der Waals surface area contributed by atoms with Crippen molar-refractivity contribution in [1.82, 2.24) is 4.90 Å². The number of aliphatic hydroxyl groups excluding tert-OH is 1. The summed E-state index contributed by atoms with van der Waals surface area (Å²) in [5.74, 6) is 0. The Balaban J connectivity index is 2.05. The molecule has 1 aromatic carbocycles. The molecular formula is C16H26N2O. The topological polar surface area (TPSA) is 49.5 Å². The van der Waals surface area contributed by atoms with Crippen molar-refractivity contribution in [3.63, 3.8) is 0 Å². The van der Waals surface area contributed by atoms with Crippen LogP contribution in [0.5, 0.6) is 0 Å². The van der Waals surface area contributed by atoms with Crippen LogP contribution in [-0.4, -0.2) is 35.7 Å². The number of aliphatic hydroxyl groups is 1. The minimum absolute atomic E-state index is 0.000880. The highest BCUT2D eigenvalue weighted by Gasteiger charge is 2.34. The van der Waals surface area contributed by atoms with E-state index in [4.69, 9.17) is 5.73 Å². The second-order valence-corrected chi connectivity index (χ2v) is 6.33. The lowest BCUT2D eigenvalue weighted by molar-refractivity contribution is 0.104. The maximum atomic E-state index is 9.42. The summed E-state index contributed by atoms with van der Waals surface area (Å²) >= 11 is 0. The van der Waals surface area contributed by atoms with Crippen LogP contribution in [0.1, 0.15) is 38.3 Å². The Morgan fingerprint density at radius 1 is 1.37 bits per heavy atom. The second-order valence-electron chi connectivity index (χ2n) is 6.33. The van der Waals surface area contributed by atoms with Crippen LogP contribution in [-0.2, 0) is 0 Å². The van der Waals surface area contributed by atoms with Gasteiger partial charge in [0.05, 0.1) is 6.61 Å². The molecule has 0 amide bonds. The van der Waals surface area contributed by atoms with Crippen LogP contribution in [0.2, 0.25) is 0 Å². The van der Waals surface area contributed by atoms with E-state index in [9.17, 15) is 5.11 Å². The summed E-state index contributed by atoms with van der Waals surface area (Å²) in [5.41, 5.74) is 7.64. The number of benzene rings is 1. The molecule has 1 aliphatic rings.